The van der Waals surface area contributed by atoms with E-state index >= 15 is 0 Å². The molecule has 314 valence electrons. The van der Waals surface area contributed by atoms with Crippen LogP contribution in [0.3, 0.4) is 0 Å². The van der Waals surface area contributed by atoms with Gasteiger partial charge in [0.25, 0.3) is 0 Å². The SMILES string of the molecule is c1ccc2c(c1)Sc1ccccc1N2c1ccc2c(-c3ccc4ccccc4c3)c3cc(N4c5ccccc5Sc5ccccc54)ccc3c(-c3ccc(-c4nc5ccccc5s4)cc3)c2c1. The lowest BCUT2D eigenvalue weighted by Crippen LogP contribution is -2.15. The molecule has 0 spiro atoms. The maximum Gasteiger partial charge on any atom is 0.124 e. The van der Waals surface area contributed by atoms with Gasteiger partial charge in [0.05, 0.1) is 33.0 Å². The first-order valence-electron chi connectivity index (χ1n) is 22.5. The van der Waals surface area contributed by atoms with E-state index in [0.717, 1.165) is 33.0 Å². The van der Waals surface area contributed by atoms with Crippen LogP contribution in [0.1, 0.15) is 0 Å². The summed E-state index contributed by atoms with van der Waals surface area (Å²) in [6.45, 7) is 0. The van der Waals surface area contributed by atoms with Crippen molar-refractivity contribution in [3.8, 4) is 32.8 Å². The van der Waals surface area contributed by atoms with Crippen LogP contribution in [0.4, 0.5) is 34.1 Å². The van der Waals surface area contributed by atoms with Gasteiger partial charge < -0.3 is 9.80 Å². The van der Waals surface area contributed by atoms with E-state index < -0.39 is 0 Å². The van der Waals surface area contributed by atoms with Crippen molar-refractivity contribution in [2.75, 3.05) is 9.80 Å². The van der Waals surface area contributed by atoms with Crippen LogP contribution in [0.5, 0.6) is 0 Å². The third kappa shape index (κ3) is 6.32. The van der Waals surface area contributed by atoms with Gasteiger partial charge in [-0.15, -0.1) is 11.3 Å². The van der Waals surface area contributed by atoms with Crippen LogP contribution in [-0.2, 0) is 0 Å². The molecule has 1 aromatic heterocycles. The molecule has 3 nitrogen and oxygen atoms in total. The molecule has 0 N–H and O–H groups in total. The van der Waals surface area contributed by atoms with Crippen LogP contribution >= 0.6 is 34.9 Å². The number of aromatic nitrogens is 1. The molecule has 6 heteroatoms. The van der Waals surface area contributed by atoms with Crippen LogP contribution in [0, 0.1) is 0 Å². The van der Waals surface area contributed by atoms with Crippen LogP contribution in [-0.4, -0.2) is 4.98 Å². The first-order valence-corrected chi connectivity index (χ1v) is 25.0. The summed E-state index contributed by atoms with van der Waals surface area (Å²) in [5.41, 5.74) is 13.9. The van der Waals surface area contributed by atoms with Gasteiger partial charge in [-0.2, -0.15) is 0 Å². The zero-order valence-corrected chi connectivity index (χ0v) is 38.4. The molecule has 14 rings (SSSR count). The lowest BCUT2D eigenvalue weighted by molar-refractivity contribution is 1.17. The van der Waals surface area contributed by atoms with E-state index in [9.17, 15) is 0 Å². The second kappa shape index (κ2) is 15.5. The number of nitrogens with zero attached hydrogens (tertiary/aromatic N) is 3. The van der Waals surface area contributed by atoms with Crippen molar-refractivity contribution in [2.24, 2.45) is 0 Å². The number of rotatable bonds is 5. The Morgan fingerprint density at radius 1 is 0.328 bits per heavy atom. The van der Waals surface area contributed by atoms with E-state index in [4.69, 9.17) is 4.98 Å². The second-order valence-electron chi connectivity index (χ2n) is 17.1. The Bertz CT molecular complexity index is 3840. The minimum absolute atomic E-state index is 1.03. The first kappa shape index (κ1) is 38.6. The number of benzene rings is 11. The van der Waals surface area contributed by atoms with Gasteiger partial charge in [0.1, 0.15) is 5.01 Å². The van der Waals surface area contributed by atoms with E-state index in [-0.39, 0.29) is 0 Å². The molecule has 0 amide bonds. The third-order valence-electron chi connectivity index (χ3n) is 13.2. The van der Waals surface area contributed by atoms with Crippen molar-refractivity contribution in [1.82, 2.24) is 4.98 Å². The first-order chi connectivity index (χ1) is 33.2. The van der Waals surface area contributed by atoms with E-state index in [0.29, 0.717) is 0 Å². The van der Waals surface area contributed by atoms with Crippen molar-refractivity contribution >= 4 is 112 Å². The number of hydrogen-bond acceptors (Lipinski definition) is 6. The molecule has 67 heavy (non-hydrogen) atoms. The highest BCUT2D eigenvalue weighted by molar-refractivity contribution is 8.00. The topological polar surface area (TPSA) is 19.4 Å². The summed E-state index contributed by atoms with van der Waals surface area (Å²) in [4.78, 5) is 14.9. The Hall–Kier alpha value is -7.61. The van der Waals surface area contributed by atoms with E-state index in [2.05, 4.69) is 234 Å². The normalized spacial score (nSPS) is 12.9. The van der Waals surface area contributed by atoms with Gasteiger partial charge in [-0.3, -0.25) is 0 Å². The van der Waals surface area contributed by atoms with Gasteiger partial charge in [0, 0.05) is 36.5 Å². The molecule has 3 heterocycles. The monoisotopic (exact) mass is 907 g/mol. The van der Waals surface area contributed by atoms with Crippen LogP contribution in [0.25, 0.3) is 75.4 Å². The van der Waals surface area contributed by atoms with Crippen molar-refractivity contribution in [3.05, 3.63) is 224 Å². The summed E-state index contributed by atoms with van der Waals surface area (Å²) in [6.07, 6.45) is 0. The van der Waals surface area contributed by atoms with Crippen molar-refractivity contribution in [2.45, 2.75) is 19.6 Å². The maximum absolute atomic E-state index is 5.04. The standard InChI is InChI=1S/C61H37N3S3/c1-2-14-41-35-42(30-25-38(41)13-1)60-46-34-32-43(63-50-16-4-9-21-55(50)65-56-22-10-5-17-51(56)63)36-47(46)59(39-26-28-40(29-27-39)61-62-49-15-3-8-20-54(49)67-61)45-33-31-44(37-48(45)60)64-52-18-6-11-23-57(52)66-58-24-12-7-19-53(58)64/h1-37H. The summed E-state index contributed by atoms with van der Waals surface area (Å²) in [6, 6.07) is 82.7. The van der Waals surface area contributed by atoms with Crippen LogP contribution in [0.2, 0.25) is 0 Å². The number of hydrogen-bond donors (Lipinski definition) is 0. The zero-order chi connectivity index (χ0) is 44.0. The molecule has 2 aliphatic heterocycles. The largest absolute Gasteiger partial charge is 0.308 e. The summed E-state index contributed by atoms with van der Waals surface area (Å²) in [5.74, 6) is 0. The fraction of sp³-hybridized carbons (Fsp3) is 0. The van der Waals surface area contributed by atoms with Crippen LogP contribution < -0.4 is 9.80 Å². The number of anilines is 6. The molecule has 0 aliphatic carbocycles. The lowest BCUT2D eigenvalue weighted by Gasteiger charge is -2.34. The van der Waals surface area contributed by atoms with Crippen LogP contribution in [0.15, 0.2) is 244 Å². The minimum Gasteiger partial charge on any atom is -0.308 e. The summed E-state index contributed by atoms with van der Waals surface area (Å²) in [7, 11) is 0. The van der Waals surface area contributed by atoms with Gasteiger partial charge >= 0.3 is 0 Å². The molecule has 11 aromatic carbocycles. The van der Waals surface area contributed by atoms with Crippen molar-refractivity contribution < 1.29 is 0 Å². The highest BCUT2D eigenvalue weighted by Crippen LogP contribution is 2.55. The molecule has 2 aliphatic rings. The van der Waals surface area contributed by atoms with Gasteiger partial charge in [-0.05, 0) is 146 Å². The molecule has 0 bridgehead atoms. The highest BCUT2D eigenvalue weighted by Gasteiger charge is 2.28. The highest BCUT2D eigenvalue weighted by atomic mass is 32.2. The van der Waals surface area contributed by atoms with Gasteiger partial charge in [-0.1, -0.05) is 157 Å². The molecule has 0 radical (unpaired) electrons. The summed E-state index contributed by atoms with van der Waals surface area (Å²) < 4.78 is 1.20. The van der Waals surface area contributed by atoms with E-state index in [1.807, 2.05) is 23.5 Å². The molecular formula is C61H37N3S3. The molecule has 0 saturated carbocycles. The second-order valence-corrected chi connectivity index (χ2v) is 20.3. The quantitative estimate of drug-likeness (QED) is 0.160. The van der Waals surface area contributed by atoms with E-state index in [1.54, 1.807) is 11.3 Å². The Morgan fingerprint density at radius 2 is 0.776 bits per heavy atom. The lowest BCUT2D eigenvalue weighted by atomic mass is 9.84. The molecule has 0 saturated heterocycles. The molecule has 12 aromatic rings. The van der Waals surface area contributed by atoms with E-state index in [1.165, 1.54) is 96.0 Å². The predicted molar refractivity (Wildman–Crippen MR) is 286 cm³/mol. The minimum atomic E-state index is 1.03. The Kier molecular flexibility index (Phi) is 8.94. The maximum atomic E-state index is 5.04. The third-order valence-corrected chi connectivity index (χ3v) is 16.6. The fourth-order valence-corrected chi connectivity index (χ4v) is 13.3. The molecule has 0 fully saturated rings. The Balaban J connectivity index is 1.07. The fourth-order valence-electron chi connectivity index (χ4n) is 10.2. The zero-order valence-electron chi connectivity index (χ0n) is 35.9. The Morgan fingerprint density at radius 3 is 1.33 bits per heavy atom. The van der Waals surface area contributed by atoms with Crippen molar-refractivity contribution in [3.63, 3.8) is 0 Å². The Labute approximate surface area is 400 Å². The molecule has 0 atom stereocenters. The number of thiazole rings is 1. The summed E-state index contributed by atoms with van der Waals surface area (Å²) >= 11 is 5.43. The number of fused-ring (bicyclic) bond motifs is 8. The predicted octanol–water partition coefficient (Wildman–Crippen LogP) is 18.6. The van der Waals surface area contributed by atoms with Gasteiger partial charge in [0.15, 0.2) is 0 Å². The number of para-hydroxylation sites is 5. The average Bonchev–Trinajstić information content (AvgIpc) is 3.83. The van der Waals surface area contributed by atoms with Gasteiger partial charge in [0.2, 0.25) is 0 Å². The molecular weight excluding hydrogens is 871 g/mol. The molecule has 0 unspecified atom stereocenters. The smallest absolute Gasteiger partial charge is 0.124 e. The average molecular weight is 908 g/mol. The van der Waals surface area contributed by atoms with Gasteiger partial charge in [-0.25, -0.2) is 4.98 Å². The summed E-state index contributed by atoms with van der Waals surface area (Å²) in [5, 5.41) is 8.29. The van der Waals surface area contributed by atoms with Crippen molar-refractivity contribution in [1.29, 1.82) is 0 Å².